The molecule has 0 unspecified atom stereocenters. The lowest BCUT2D eigenvalue weighted by Gasteiger charge is -2.25. The molecule has 1 saturated carbocycles. The van der Waals surface area contributed by atoms with Gasteiger partial charge < -0.3 is 10.5 Å². The molecule has 0 amide bonds. The fourth-order valence-corrected chi connectivity index (χ4v) is 1.54. The molecule has 2 rings (SSSR count). The maximum Gasteiger partial charge on any atom is 0.224 e. The highest BCUT2D eigenvalue weighted by Gasteiger charge is 2.27. The van der Waals surface area contributed by atoms with Crippen LogP contribution in [0.3, 0.4) is 0 Å². The van der Waals surface area contributed by atoms with Crippen molar-refractivity contribution >= 4 is 16.8 Å². The van der Waals surface area contributed by atoms with Crippen LogP contribution in [0.4, 0.5) is 0 Å². The third-order valence-electron chi connectivity index (χ3n) is 2.45. The summed E-state index contributed by atoms with van der Waals surface area (Å²) in [5.74, 6) is 0.228. The standard InChI is InChI=1S/C6H14N2O.C4H5ClO/c7-1-2-8-3-5-9-6-4-8;5-4(6)3-1-2-3/h1-7H2;3H,1-2H2. The monoisotopic (exact) mass is 234 g/mol. The van der Waals surface area contributed by atoms with Crippen LogP contribution in [-0.2, 0) is 9.53 Å². The summed E-state index contributed by atoms with van der Waals surface area (Å²) < 4.78 is 5.16. The molecule has 0 spiro atoms. The van der Waals surface area contributed by atoms with Gasteiger partial charge in [0.1, 0.15) is 0 Å². The molecule has 5 heteroatoms. The van der Waals surface area contributed by atoms with Crippen LogP contribution < -0.4 is 5.73 Å². The van der Waals surface area contributed by atoms with Gasteiger partial charge in [-0.2, -0.15) is 0 Å². The SMILES string of the molecule is NCCN1CCOCC1.O=C(Cl)C1CC1. The van der Waals surface area contributed by atoms with Gasteiger partial charge in [0.05, 0.1) is 13.2 Å². The van der Waals surface area contributed by atoms with Crippen LogP contribution in [0.5, 0.6) is 0 Å². The Morgan fingerprint density at radius 1 is 1.40 bits per heavy atom. The van der Waals surface area contributed by atoms with Crippen LogP contribution in [0.15, 0.2) is 0 Å². The lowest BCUT2D eigenvalue weighted by molar-refractivity contribution is -0.112. The Morgan fingerprint density at radius 2 is 2.00 bits per heavy atom. The van der Waals surface area contributed by atoms with Gasteiger partial charge in [0, 0.05) is 32.1 Å². The molecule has 2 aliphatic rings. The summed E-state index contributed by atoms with van der Waals surface area (Å²) in [7, 11) is 0. The minimum atomic E-state index is -0.157. The summed E-state index contributed by atoms with van der Waals surface area (Å²) >= 11 is 5.04. The number of nitrogens with zero attached hydrogens (tertiary/aromatic N) is 1. The van der Waals surface area contributed by atoms with E-state index in [0.29, 0.717) is 0 Å². The summed E-state index contributed by atoms with van der Waals surface area (Å²) in [6, 6.07) is 0. The van der Waals surface area contributed by atoms with Crippen molar-refractivity contribution in [2.75, 3.05) is 39.4 Å². The van der Waals surface area contributed by atoms with E-state index in [1.165, 1.54) is 0 Å². The second kappa shape index (κ2) is 7.17. The molecule has 2 fully saturated rings. The second-order valence-electron chi connectivity index (χ2n) is 3.82. The fourth-order valence-electron chi connectivity index (χ4n) is 1.32. The Bertz CT molecular complexity index is 189. The van der Waals surface area contributed by atoms with Gasteiger partial charge in [-0.05, 0) is 24.4 Å². The zero-order chi connectivity index (χ0) is 11.1. The lowest BCUT2D eigenvalue weighted by Crippen LogP contribution is -2.39. The first-order valence-corrected chi connectivity index (χ1v) is 5.81. The van der Waals surface area contributed by atoms with Crippen molar-refractivity contribution in [3.8, 4) is 0 Å². The zero-order valence-electron chi connectivity index (χ0n) is 8.95. The van der Waals surface area contributed by atoms with E-state index in [0.717, 1.165) is 52.2 Å². The van der Waals surface area contributed by atoms with Gasteiger partial charge in [-0.1, -0.05) is 0 Å². The number of rotatable bonds is 3. The first kappa shape index (κ1) is 12.9. The van der Waals surface area contributed by atoms with Crippen molar-refractivity contribution in [3.05, 3.63) is 0 Å². The molecule has 1 aliphatic carbocycles. The number of hydrogen-bond acceptors (Lipinski definition) is 4. The molecule has 4 nitrogen and oxygen atoms in total. The number of carbonyl (C=O) groups excluding carboxylic acids is 1. The molecular weight excluding hydrogens is 216 g/mol. The van der Waals surface area contributed by atoms with Gasteiger partial charge in [0.25, 0.3) is 0 Å². The van der Waals surface area contributed by atoms with Gasteiger partial charge in [-0.25, -0.2) is 0 Å². The van der Waals surface area contributed by atoms with E-state index >= 15 is 0 Å². The fraction of sp³-hybridized carbons (Fsp3) is 0.900. The zero-order valence-corrected chi connectivity index (χ0v) is 9.71. The van der Waals surface area contributed by atoms with Crippen LogP contribution in [0.25, 0.3) is 0 Å². The molecule has 0 aromatic rings. The van der Waals surface area contributed by atoms with Crippen molar-refractivity contribution in [1.82, 2.24) is 4.90 Å². The van der Waals surface area contributed by atoms with Gasteiger partial charge in [-0.15, -0.1) is 0 Å². The second-order valence-corrected chi connectivity index (χ2v) is 4.19. The average Bonchev–Trinajstić information content (AvgIpc) is 3.04. The normalized spacial score (nSPS) is 21.7. The highest BCUT2D eigenvalue weighted by atomic mass is 35.5. The molecule has 1 heterocycles. The van der Waals surface area contributed by atoms with Gasteiger partial charge in [0.15, 0.2) is 0 Å². The topological polar surface area (TPSA) is 55.6 Å². The van der Waals surface area contributed by atoms with Crippen LogP contribution in [0.2, 0.25) is 0 Å². The minimum Gasteiger partial charge on any atom is -0.379 e. The number of hydrogen-bond donors (Lipinski definition) is 1. The maximum atomic E-state index is 9.97. The molecule has 1 saturated heterocycles. The summed E-state index contributed by atoms with van der Waals surface area (Å²) in [6.45, 7) is 5.64. The van der Waals surface area contributed by atoms with Gasteiger partial charge in [-0.3, -0.25) is 9.69 Å². The first-order valence-electron chi connectivity index (χ1n) is 5.43. The predicted molar refractivity (Wildman–Crippen MR) is 59.9 cm³/mol. The summed E-state index contributed by atoms with van der Waals surface area (Å²) in [5.41, 5.74) is 5.38. The van der Waals surface area contributed by atoms with Crippen LogP contribution in [0.1, 0.15) is 12.8 Å². The van der Waals surface area contributed by atoms with Crippen molar-refractivity contribution in [2.24, 2.45) is 11.7 Å². The van der Waals surface area contributed by atoms with E-state index in [-0.39, 0.29) is 11.2 Å². The molecular formula is C10H19ClN2O2. The highest BCUT2D eigenvalue weighted by Crippen LogP contribution is 2.30. The number of nitrogens with two attached hydrogens (primary N) is 1. The number of ether oxygens (including phenoxy) is 1. The summed E-state index contributed by atoms with van der Waals surface area (Å²) in [6.07, 6.45) is 2.03. The largest absolute Gasteiger partial charge is 0.379 e. The Hall–Kier alpha value is -0.160. The van der Waals surface area contributed by atoms with Crippen LogP contribution in [0, 0.1) is 5.92 Å². The first-order chi connectivity index (χ1) is 7.24. The number of carbonyl (C=O) groups is 1. The highest BCUT2D eigenvalue weighted by molar-refractivity contribution is 6.64. The molecule has 15 heavy (non-hydrogen) atoms. The van der Waals surface area contributed by atoms with Crippen LogP contribution in [-0.4, -0.2) is 49.5 Å². The molecule has 0 atom stereocenters. The smallest absolute Gasteiger partial charge is 0.224 e. The van der Waals surface area contributed by atoms with Crippen molar-refractivity contribution < 1.29 is 9.53 Å². The Morgan fingerprint density at radius 3 is 2.33 bits per heavy atom. The third-order valence-corrected chi connectivity index (χ3v) is 2.76. The van der Waals surface area contributed by atoms with E-state index in [4.69, 9.17) is 22.1 Å². The maximum absolute atomic E-state index is 9.97. The molecule has 1 aliphatic heterocycles. The number of halogens is 1. The molecule has 2 N–H and O–H groups in total. The van der Waals surface area contributed by atoms with E-state index in [1.807, 2.05) is 0 Å². The lowest BCUT2D eigenvalue weighted by atomic mass is 10.4. The van der Waals surface area contributed by atoms with E-state index in [1.54, 1.807) is 0 Å². The third kappa shape index (κ3) is 6.10. The van der Waals surface area contributed by atoms with Crippen LogP contribution >= 0.6 is 11.6 Å². The summed E-state index contributed by atoms with van der Waals surface area (Å²) in [5, 5.41) is -0.157. The molecule has 0 aromatic heterocycles. The Labute approximate surface area is 95.7 Å². The molecule has 0 bridgehead atoms. The predicted octanol–water partition coefficient (Wildman–Crippen LogP) is 0.439. The Balaban J connectivity index is 0.000000162. The summed E-state index contributed by atoms with van der Waals surface area (Å²) in [4.78, 5) is 12.3. The van der Waals surface area contributed by atoms with E-state index in [2.05, 4.69) is 4.90 Å². The Kier molecular flexibility index (Phi) is 6.17. The van der Waals surface area contributed by atoms with E-state index in [9.17, 15) is 4.79 Å². The van der Waals surface area contributed by atoms with Gasteiger partial charge >= 0.3 is 0 Å². The van der Waals surface area contributed by atoms with Crippen molar-refractivity contribution in [3.63, 3.8) is 0 Å². The minimum absolute atomic E-state index is 0.157. The quantitative estimate of drug-likeness (QED) is 0.720. The van der Waals surface area contributed by atoms with Gasteiger partial charge in [0.2, 0.25) is 5.24 Å². The van der Waals surface area contributed by atoms with E-state index < -0.39 is 0 Å². The number of morpholine rings is 1. The molecule has 0 radical (unpaired) electrons. The van der Waals surface area contributed by atoms with Crippen molar-refractivity contribution in [1.29, 1.82) is 0 Å². The molecule has 88 valence electrons. The van der Waals surface area contributed by atoms with Crippen molar-refractivity contribution in [2.45, 2.75) is 12.8 Å². The average molecular weight is 235 g/mol. The molecule has 0 aromatic carbocycles.